The highest BCUT2D eigenvalue weighted by atomic mass is 16.5. The predicted molar refractivity (Wildman–Crippen MR) is 127 cm³/mol. The van der Waals surface area contributed by atoms with Crippen LogP contribution in [0.2, 0.25) is 0 Å². The summed E-state index contributed by atoms with van der Waals surface area (Å²) < 4.78 is 5.85. The van der Waals surface area contributed by atoms with Crippen LogP contribution < -0.4 is 4.74 Å². The lowest BCUT2D eigenvalue weighted by molar-refractivity contribution is 0.305. The van der Waals surface area contributed by atoms with Crippen LogP contribution in [-0.2, 0) is 0 Å². The zero-order chi connectivity index (χ0) is 20.8. The van der Waals surface area contributed by atoms with Gasteiger partial charge in [0.15, 0.2) is 0 Å². The second-order valence-electron chi connectivity index (χ2n) is 7.90. The maximum Gasteiger partial charge on any atom is 0.119 e. The maximum absolute atomic E-state index is 5.85. The molecule has 0 saturated carbocycles. The topological polar surface area (TPSA) is 22.1 Å². The number of aromatic nitrogens is 1. The Hall–Kier alpha value is -3.13. The van der Waals surface area contributed by atoms with Gasteiger partial charge in [0.05, 0.1) is 17.8 Å². The Labute approximate surface area is 179 Å². The summed E-state index contributed by atoms with van der Waals surface area (Å²) in [4.78, 5) is 4.83. The molecule has 1 aromatic heterocycles. The average Bonchev–Trinajstić information content (AvgIpc) is 2.79. The van der Waals surface area contributed by atoms with E-state index in [4.69, 9.17) is 9.72 Å². The molecule has 0 N–H and O–H groups in total. The molecule has 4 rings (SSSR count). The number of unbranched alkanes of at least 4 members (excludes halogenated alkanes) is 3. The summed E-state index contributed by atoms with van der Waals surface area (Å²) in [6.45, 7) is 5.13. The van der Waals surface area contributed by atoms with Gasteiger partial charge in [0.25, 0.3) is 0 Å². The highest BCUT2D eigenvalue weighted by Crippen LogP contribution is 2.27. The molecule has 0 amide bonds. The fraction of sp³-hybridized carbons (Fsp3) is 0.250. The predicted octanol–water partition coefficient (Wildman–Crippen LogP) is 7.84. The normalized spacial score (nSPS) is 11.0. The SMILES string of the molecule is CCCCCCOc1ccc(-c2ccc(-c3ccc4cc(C)ccc4n3)cc2)cc1. The van der Waals surface area contributed by atoms with Gasteiger partial charge in [-0.1, -0.05) is 80.3 Å². The highest BCUT2D eigenvalue weighted by Gasteiger charge is 2.04. The first-order valence-corrected chi connectivity index (χ1v) is 10.9. The van der Waals surface area contributed by atoms with E-state index in [1.54, 1.807) is 0 Å². The van der Waals surface area contributed by atoms with Gasteiger partial charge in [-0.25, -0.2) is 4.98 Å². The number of pyridine rings is 1. The number of aryl methyl sites for hydroxylation is 1. The third kappa shape index (κ3) is 4.88. The van der Waals surface area contributed by atoms with E-state index >= 15 is 0 Å². The molecule has 0 aliphatic carbocycles. The van der Waals surface area contributed by atoms with Crippen LogP contribution in [0.5, 0.6) is 5.75 Å². The maximum atomic E-state index is 5.85. The number of hydrogen-bond acceptors (Lipinski definition) is 2. The minimum Gasteiger partial charge on any atom is -0.494 e. The second kappa shape index (κ2) is 9.58. The Morgan fingerprint density at radius 2 is 1.40 bits per heavy atom. The lowest BCUT2D eigenvalue weighted by Gasteiger charge is -2.08. The number of ether oxygens (including phenoxy) is 1. The van der Waals surface area contributed by atoms with E-state index in [9.17, 15) is 0 Å². The summed E-state index contributed by atoms with van der Waals surface area (Å²) in [7, 11) is 0. The molecule has 0 aliphatic heterocycles. The van der Waals surface area contributed by atoms with Crippen LogP contribution in [0.4, 0.5) is 0 Å². The van der Waals surface area contributed by atoms with Crippen molar-refractivity contribution in [3.05, 3.63) is 84.4 Å². The van der Waals surface area contributed by atoms with Crippen molar-refractivity contribution in [1.82, 2.24) is 4.98 Å². The second-order valence-corrected chi connectivity index (χ2v) is 7.90. The Kier molecular flexibility index (Phi) is 6.44. The molecule has 2 heteroatoms. The van der Waals surface area contributed by atoms with Gasteiger partial charge in [0.2, 0.25) is 0 Å². The zero-order valence-corrected chi connectivity index (χ0v) is 17.9. The summed E-state index contributed by atoms with van der Waals surface area (Å²) in [5.41, 5.74) is 6.83. The van der Waals surface area contributed by atoms with E-state index in [1.165, 1.54) is 41.3 Å². The molecular weight excluding hydrogens is 366 g/mol. The molecule has 0 unspecified atom stereocenters. The number of rotatable bonds is 8. The van der Waals surface area contributed by atoms with Gasteiger partial charge in [0, 0.05) is 10.9 Å². The van der Waals surface area contributed by atoms with Gasteiger partial charge in [-0.3, -0.25) is 0 Å². The average molecular weight is 396 g/mol. The first-order valence-electron chi connectivity index (χ1n) is 10.9. The molecule has 0 atom stereocenters. The molecular formula is C28H29NO. The molecule has 0 spiro atoms. The molecule has 30 heavy (non-hydrogen) atoms. The van der Waals surface area contributed by atoms with E-state index < -0.39 is 0 Å². The standard InChI is InChI=1S/C28H29NO/c1-3-4-5-6-19-30-26-15-12-23(13-16-26)22-8-10-24(11-9-22)27-18-14-25-20-21(2)7-17-28(25)29-27/h7-18,20H,3-6,19H2,1-2H3. The Morgan fingerprint density at radius 3 is 2.13 bits per heavy atom. The summed E-state index contributed by atoms with van der Waals surface area (Å²) in [6.07, 6.45) is 4.91. The minimum atomic E-state index is 0.798. The molecule has 0 saturated heterocycles. The molecule has 0 radical (unpaired) electrons. The molecule has 0 fully saturated rings. The van der Waals surface area contributed by atoms with Gasteiger partial charge in [0.1, 0.15) is 5.75 Å². The van der Waals surface area contributed by atoms with Crippen LogP contribution in [0.1, 0.15) is 38.2 Å². The van der Waals surface area contributed by atoms with Crippen LogP contribution in [0, 0.1) is 6.92 Å². The molecule has 4 aromatic rings. The molecule has 3 aromatic carbocycles. The lowest BCUT2D eigenvalue weighted by atomic mass is 10.0. The van der Waals surface area contributed by atoms with E-state index in [-0.39, 0.29) is 0 Å². The van der Waals surface area contributed by atoms with Crippen LogP contribution >= 0.6 is 0 Å². The van der Waals surface area contributed by atoms with Crippen molar-refractivity contribution in [2.75, 3.05) is 6.61 Å². The van der Waals surface area contributed by atoms with Crippen molar-refractivity contribution >= 4 is 10.9 Å². The summed E-state index contributed by atoms with van der Waals surface area (Å²) in [6, 6.07) is 27.7. The van der Waals surface area contributed by atoms with Crippen molar-refractivity contribution in [1.29, 1.82) is 0 Å². The van der Waals surface area contributed by atoms with E-state index in [0.29, 0.717) is 0 Å². The zero-order valence-electron chi connectivity index (χ0n) is 17.9. The first-order chi connectivity index (χ1) is 14.7. The fourth-order valence-electron chi connectivity index (χ4n) is 3.70. The Balaban J connectivity index is 1.44. The largest absolute Gasteiger partial charge is 0.494 e. The van der Waals surface area contributed by atoms with Gasteiger partial charge >= 0.3 is 0 Å². The van der Waals surface area contributed by atoms with Crippen molar-refractivity contribution in [3.8, 4) is 28.1 Å². The third-order valence-electron chi connectivity index (χ3n) is 5.48. The van der Waals surface area contributed by atoms with Gasteiger partial charge in [-0.05, 0) is 54.8 Å². The van der Waals surface area contributed by atoms with Gasteiger partial charge in [-0.2, -0.15) is 0 Å². The first kappa shape index (κ1) is 20.2. The summed E-state index contributed by atoms with van der Waals surface area (Å²) in [5, 5.41) is 1.18. The van der Waals surface area contributed by atoms with Crippen molar-refractivity contribution in [3.63, 3.8) is 0 Å². The summed E-state index contributed by atoms with van der Waals surface area (Å²) >= 11 is 0. The molecule has 0 bridgehead atoms. The van der Waals surface area contributed by atoms with Gasteiger partial charge < -0.3 is 4.74 Å². The lowest BCUT2D eigenvalue weighted by Crippen LogP contribution is -1.96. The minimum absolute atomic E-state index is 0.798. The van der Waals surface area contributed by atoms with Crippen LogP contribution in [0.25, 0.3) is 33.3 Å². The third-order valence-corrected chi connectivity index (χ3v) is 5.48. The highest BCUT2D eigenvalue weighted by molar-refractivity contribution is 5.82. The molecule has 0 aliphatic rings. The number of benzene rings is 3. The number of fused-ring (bicyclic) bond motifs is 1. The van der Waals surface area contributed by atoms with E-state index in [0.717, 1.165) is 35.6 Å². The Morgan fingerprint density at radius 1 is 0.700 bits per heavy atom. The quantitative estimate of drug-likeness (QED) is 0.284. The molecule has 2 nitrogen and oxygen atoms in total. The van der Waals surface area contributed by atoms with E-state index in [2.05, 4.69) is 92.7 Å². The smallest absolute Gasteiger partial charge is 0.119 e. The van der Waals surface area contributed by atoms with E-state index in [1.807, 2.05) is 0 Å². The monoisotopic (exact) mass is 395 g/mol. The molecule has 1 heterocycles. The van der Waals surface area contributed by atoms with Crippen molar-refractivity contribution in [2.24, 2.45) is 0 Å². The number of hydrogen-bond donors (Lipinski definition) is 0. The van der Waals surface area contributed by atoms with Crippen LogP contribution in [-0.4, -0.2) is 11.6 Å². The molecule has 152 valence electrons. The van der Waals surface area contributed by atoms with Crippen molar-refractivity contribution in [2.45, 2.75) is 39.5 Å². The van der Waals surface area contributed by atoms with Crippen LogP contribution in [0.3, 0.4) is 0 Å². The Bertz CT molecular complexity index is 1100. The van der Waals surface area contributed by atoms with Crippen molar-refractivity contribution < 1.29 is 4.74 Å². The number of nitrogens with zero attached hydrogens (tertiary/aromatic N) is 1. The fourth-order valence-corrected chi connectivity index (χ4v) is 3.70. The van der Waals surface area contributed by atoms with Crippen LogP contribution in [0.15, 0.2) is 78.9 Å². The van der Waals surface area contributed by atoms with Gasteiger partial charge in [-0.15, -0.1) is 0 Å². The summed E-state index contributed by atoms with van der Waals surface area (Å²) in [5.74, 6) is 0.947.